The zero-order valence-electron chi connectivity index (χ0n) is 11.5. The molecule has 0 amide bonds. The summed E-state index contributed by atoms with van der Waals surface area (Å²) in [5, 5.41) is 9.65. The molecular formula is C16H17FO3. The Kier molecular flexibility index (Phi) is 4.58. The summed E-state index contributed by atoms with van der Waals surface area (Å²) in [4.78, 5) is 0. The van der Waals surface area contributed by atoms with Crippen LogP contribution in [-0.4, -0.2) is 12.2 Å². The molecule has 0 aliphatic rings. The van der Waals surface area contributed by atoms with Crippen molar-refractivity contribution in [3.63, 3.8) is 0 Å². The first-order valence-corrected chi connectivity index (χ1v) is 6.34. The molecule has 4 heteroatoms. The van der Waals surface area contributed by atoms with E-state index >= 15 is 0 Å². The molecule has 0 aromatic heterocycles. The molecule has 0 bridgehead atoms. The molecule has 0 saturated heterocycles. The number of halogens is 1. The summed E-state index contributed by atoms with van der Waals surface area (Å²) < 4.78 is 24.8. The molecule has 106 valence electrons. The molecule has 1 atom stereocenters. The molecule has 0 radical (unpaired) electrons. The van der Waals surface area contributed by atoms with E-state index in [-0.39, 0.29) is 17.9 Å². The van der Waals surface area contributed by atoms with Gasteiger partial charge in [-0.1, -0.05) is 30.3 Å². The summed E-state index contributed by atoms with van der Waals surface area (Å²) in [6, 6.07) is 12.6. The second-order valence-electron chi connectivity index (χ2n) is 4.44. The first-order valence-electron chi connectivity index (χ1n) is 6.34. The molecule has 20 heavy (non-hydrogen) atoms. The van der Waals surface area contributed by atoms with Crippen molar-refractivity contribution >= 4 is 0 Å². The SMILES string of the molecule is COc1ccc(OCc2ccccc2)c(F)c1C(C)O. The van der Waals surface area contributed by atoms with E-state index in [4.69, 9.17) is 9.47 Å². The van der Waals surface area contributed by atoms with Gasteiger partial charge in [-0.3, -0.25) is 0 Å². The molecular weight excluding hydrogens is 259 g/mol. The lowest BCUT2D eigenvalue weighted by atomic mass is 10.1. The Labute approximate surface area is 117 Å². The number of hydrogen-bond acceptors (Lipinski definition) is 3. The van der Waals surface area contributed by atoms with E-state index in [0.717, 1.165) is 5.56 Å². The zero-order valence-corrected chi connectivity index (χ0v) is 11.5. The number of aliphatic hydroxyl groups excluding tert-OH is 1. The van der Waals surface area contributed by atoms with Crippen LogP contribution < -0.4 is 9.47 Å². The smallest absolute Gasteiger partial charge is 0.174 e. The number of ether oxygens (including phenoxy) is 2. The van der Waals surface area contributed by atoms with Gasteiger partial charge in [0.25, 0.3) is 0 Å². The van der Waals surface area contributed by atoms with E-state index in [2.05, 4.69) is 0 Å². The Balaban J connectivity index is 2.22. The minimum atomic E-state index is -0.967. The van der Waals surface area contributed by atoms with E-state index in [9.17, 15) is 9.50 Å². The van der Waals surface area contributed by atoms with Crippen LogP contribution in [0.25, 0.3) is 0 Å². The Morgan fingerprint density at radius 1 is 1.10 bits per heavy atom. The van der Waals surface area contributed by atoms with Crippen LogP contribution in [0.2, 0.25) is 0 Å². The molecule has 2 rings (SSSR count). The lowest BCUT2D eigenvalue weighted by molar-refractivity contribution is 0.186. The predicted molar refractivity (Wildman–Crippen MR) is 74.4 cm³/mol. The van der Waals surface area contributed by atoms with Crippen LogP contribution in [0.5, 0.6) is 11.5 Å². The van der Waals surface area contributed by atoms with Crippen molar-refractivity contribution in [2.75, 3.05) is 7.11 Å². The maximum absolute atomic E-state index is 14.3. The molecule has 2 aromatic rings. The maximum atomic E-state index is 14.3. The molecule has 2 aromatic carbocycles. The Morgan fingerprint density at radius 2 is 1.75 bits per heavy atom. The first-order chi connectivity index (χ1) is 9.63. The minimum Gasteiger partial charge on any atom is -0.496 e. The highest BCUT2D eigenvalue weighted by atomic mass is 19.1. The van der Waals surface area contributed by atoms with Crippen LogP contribution in [0.4, 0.5) is 4.39 Å². The van der Waals surface area contributed by atoms with E-state index < -0.39 is 11.9 Å². The average molecular weight is 276 g/mol. The van der Waals surface area contributed by atoms with Gasteiger partial charge in [-0.05, 0) is 24.6 Å². The standard InChI is InChI=1S/C16H17FO3/c1-11(18)15-13(19-2)8-9-14(16(15)17)20-10-12-6-4-3-5-7-12/h3-9,11,18H,10H2,1-2H3. The second kappa shape index (κ2) is 6.39. The predicted octanol–water partition coefficient (Wildman–Crippen LogP) is 3.47. The van der Waals surface area contributed by atoms with Gasteiger partial charge in [0, 0.05) is 0 Å². The van der Waals surface area contributed by atoms with E-state index in [1.54, 1.807) is 6.07 Å². The summed E-state index contributed by atoms with van der Waals surface area (Å²) in [6.07, 6.45) is -0.967. The van der Waals surface area contributed by atoms with Crippen LogP contribution in [0, 0.1) is 5.82 Å². The molecule has 0 fully saturated rings. The van der Waals surface area contributed by atoms with Gasteiger partial charge in [0.2, 0.25) is 0 Å². The number of hydrogen-bond donors (Lipinski definition) is 1. The van der Waals surface area contributed by atoms with Gasteiger partial charge in [0.15, 0.2) is 11.6 Å². The van der Waals surface area contributed by atoms with Crippen molar-refractivity contribution in [2.45, 2.75) is 19.6 Å². The number of methoxy groups -OCH3 is 1. The van der Waals surface area contributed by atoms with Crippen molar-refractivity contribution in [3.8, 4) is 11.5 Å². The number of aliphatic hydroxyl groups is 1. The summed E-state index contributed by atoms with van der Waals surface area (Å²) in [5.74, 6) is -0.176. The molecule has 0 saturated carbocycles. The van der Waals surface area contributed by atoms with E-state index in [1.807, 2.05) is 30.3 Å². The number of benzene rings is 2. The Bertz CT molecular complexity index is 567. The highest BCUT2D eigenvalue weighted by Crippen LogP contribution is 2.33. The number of rotatable bonds is 5. The van der Waals surface area contributed by atoms with Crippen LogP contribution in [0.1, 0.15) is 24.2 Å². The molecule has 3 nitrogen and oxygen atoms in total. The summed E-state index contributed by atoms with van der Waals surface area (Å²) in [7, 11) is 1.44. The quantitative estimate of drug-likeness (QED) is 0.908. The van der Waals surface area contributed by atoms with Crippen LogP contribution in [-0.2, 0) is 6.61 Å². The van der Waals surface area contributed by atoms with E-state index in [0.29, 0.717) is 5.75 Å². The summed E-state index contributed by atoms with van der Waals surface area (Å²) >= 11 is 0. The van der Waals surface area contributed by atoms with Gasteiger partial charge in [0.1, 0.15) is 12.4 Å². The van der Waals surface area contributed by atoms with Gasteiger partial charge in [-0.15, -0.1) is 0 Å². The molecule has 0 aliphatic heterocycles. The lowest BCUT2D eigenvalue weighted by Crippen LogP contribution is -2.04. The van der Waals surface area contributed by atoms with Crippen molar-refractivity contribution < 1.29 is 19.0 Å². The van der Waals surface area contributed by atoms with Crippen molar-refractivity contribution in [1.29, 1.82) is 0 Å². The van der Waals surface area contributed by atoms with Crippen LogP contribution in [0.3, 0.4) is 0 Å². The van der Waals surface area contributed by atoms with Crippen LogP contribution in [0.15, 0.2) is 42.5 Å². The maximum Gasteiger partial charge on any atom is 0.174 e. The Morgan fingerprint density at radius 3 is 2.35 bits per heavy atom. The highest BCUT2D eigenvalue weighted by molar-refractivity contribution is 5.43. The lowest BCUT2D eigenvalue weighted by Gasteiger charge is -2.15. The van der Waals surface area contributed by atoms with E-state index in [1.165, 1.54) is 20.1 Å². The van der Waals surface area contributed by atoms with Gasteiger partial charge in [0.05, 0.1) is 18.8 Å². The zero-order chi connectivity index (χ0) is 14.5. The third-order valence-corrected chi connectivity index (χ3v) is 2.98. The fraction of sp³-hybridized carbons (Fsp3) is 0.250. The van der Waals surface area contributed by atoms with Crippen LogP contribution >= 0.6 is 0 Å². The fourth-order valence-corrected chi connectivity index (χ4v) is 1.97. The third-order valence-electron chi connectivity index (χ3n) is 2.98. The summed E-state index contributed by atoms with van der Waals surface area (Å²) in [6.45, 7) is 1.76. The molecule has 0 spiro atoms. The average Bonchev–Trinajstić information content (AvgIpc) is 2.46. The van der Waals surface area contributed by atoms with Crippen molar-refractivity contribution in [3.05, 3.63) is 59.4 Å². The minimum absolute atomic E-state index is 0.102. The highest BCUT2D eigenvalue weighted by Gasteiger charge is 2.19. The van der Waals surface area contributed by atoms with Crippen molar-refractivity contribution in [1.82, 2.24) is 0 Å². The molecule has 0 aliphatic carbocycles. The molecule has 1 N–H and O–H groups in total. The van der Waals surface area contributed by atoms with Gasteiger partial charge in [-0.25, -0.2) is 4.39 Å². The summed E-state index contributed by atoms with van der Waals surface area (Å²) in [5.41, 5.74) is 1.05. The fourth-order valence-electron chi connectivity index (χ4n) is 1.97. The first kappa shape index (κ1) is 14.3. The second-order valence-corrected chi connectivity index (χ2v) is 4.44. The third kappa shape index (κ3) is 3.08. The largest absolute Gasteiger partial charge is 0.496 e. The van der Waals surface area contributed by atoms with Gasteiger partial charge in [-0.2, -0.15) is 0 Å². The topological polar surface area (TPSA) is 38.7 Å². The Hall–Kier alpha value is -2.07. The molecule has 0 heterocycles. The van der Waals surface area contributed by atoms with Crippen molar-refractivity contribution in [2.24, 2.45) is 0 Å². The van der Waals surface area contributed by atoms with Gasteiger partial charge >= 0.3 is 0 Å². The van der Waals surface area contributed by atoms with Gasteiger partial charge < -0.3 is 14.6 Å². The normalized spacial score (nSPS) is 12.0. The monoisotopic (exact) mass is 276 g/mol. The molecule has 1 unspecified atom stereocenters.